The zero-order chi connectivity index (χ0) is 26.5. The summed E-state index contributed by atoms with van der Waals surface area (Å²) in [4.78, 5) is 16.7. The van der Waals surface area contributed by atoms with E-state index >= 15 is 0 Å². The molecule has 0 amide bonds. The Hall–Kier alpha value is -2.50. The lowest BCUT2D eigenvalue weighted by Gasteiger charge is -2.46. The molecular weight excluding hydrogens is 446 g/mol. The van der Waals surface area contributed by atoms with Crippen molar-refractivity contribution in [2.45, 2.75) is 79.6 Å². The standard InChI is InChI=1S/C31H45N3O2/c1-23(2)24(3)18-19-31(7)32-28(26-12-10-9-11-13-26)29(36-8)34(31)33(21-20-30(4,5)6)27-16-14-25(22-35)15-17-27/h9-17,22-24,29H,18-21H2,1-8H3. The molecule has 196 valence electrons. The van der Waals surface area contributed by atoms with Gasteiger partial charge in [-0.05, 0) is 73.3 Å². The molecule has 0 saturated carbocycles. The number of anilines is 1. The normalized spacial score (nSPS) is 21.5. The lowest BCUT2D eigenvalue weighted by molar-refractivity contribution is -0.0417. The number of aliphatic imine (C=N–C) groups is 1. The lowest BCUT2D eigenvalue weighted by atomic mass is 9.90. The maximum atomic E-state index is 11.3. The van der Waals surface area contributed by atoms with Gasteiger partial charge in [0.2, 0.25) is 0 Å². The number of hydrogen-bond acceptors (Lipinski definition) is 5. The summed E-state index contributed by atoms with van der Waals surface area (Å²) in [5.41, 5.74) is 3.45. The molecule has 3 rings (SSSR count). The molecule has 1 aliphatic rings. The van der Waals surface area contributed by atoms with Crippen LogP contribution in [0.15, 0.2) is 59.6 Å². The van der Waals surface area contributed by atoms with Crippen LogP contribution in [-0.2, 0) is 4.74 Å². The Morgan fingerprint density at radius 2 is 1.72 bits per heavy atom. The highest BCUT2D eigenvalue weighted by atomic mass is 16.5. The van der Waals surface area contributed by atoms with Gasteiger partial charge in [-0.3, -0.25) is 9.79 Å². The van der Waals surface area contributed by atoms with Crippen LogP contribution in [0, 0.1) is 17.3 Å². The number of ether oxygens (including phenoxy) is 1. The lowest BCUT2D eigenvalue weighted by Crippen LogP contribution is -2.58. The highest BCUT2D eigenvalue weighted by molar-refractivity contribution is 6.05. The summed E-state index contributed by atoms with van der Waals surface area (Å²) in [6.07, 6.45) is 3.56. The molecule has 0 aliphatic carbocycles. The largest absolute Gasteiger partial charge is 0.359 e. The van der Waals surface area contributed by atoms with Gasteiger partial charge in [-0.1, -0.05) is 71.9 Å². The number of nitrogens with zero attached hydrogens (tertiary/aromatic N) is 3. The van der Waals surface area contributed by atoms with Crippen molar-refractivity contribution in [3.8, 4) is 0 Å². The van der Waals surface area contributed by atoms with Gasteiger partial charge in [-0.15, -0.1) is 0 Å². The molecule has 36 heavy (non-hydrogen) atoms. The maximum Gasteiger partial charge on any atom is 0.172 e. The van der Waals surface area contributed by atoms with Crippen LogP contribution in [0.5, 0.6) is 0 Å². The molecule has 2 aromatic carbocycles. The number of benzene rings is 2. The summed E-state index contributed by atoms with van der Waals surface area (Å²) < 4.78 is 6.22. The van der Waals surface area contributed by atoms with Gasteiger partial charge in [0.15, 0.2) is 6.23 Å². The van der Waals surface area contributed by atoms with E-state index in [1.54, 1.807) is 7.11 Å². The van der Waals surface area contributed by atoms with Gasteiger partial charge in [-0.25, -0.2) is 0 Å². The number of hydrogen-bond donors (Lipinski definition) is 0. The molecule has 3 unspecified atom stereocenters. The van der Waals surface area contributed by atoms with Crippen LogP contribution < -0.4 is 5.01 Å². The second-order valence-electron chi connectivity index (χ2n) is 11.9. The van der Waals surface area contributed by atoms with Crippen LogP contribution in [0.25, 0.3) is 0 Å². The molecule has 0 radical (unpaired) electrons. The third-order valence-electron chi connectivity index (χ3n) is 7.48. The van der Waals surface area contributed by atoms with Gasteiger partial charge in [-0.2, -0.15) is 5.01 Å². The number of carbonyl (C=O) groups excluding carboxylic acids is 1. The molecule has 5 heteroatoms. The highest BCUT2D eigenvalue weighted by Gasteiger charge is 2.48. The van der Waals surface area contributed by atoms with Crippen molar-refractivity contribution in [1.82, 2.24) is 5.01 Å². The fraction of sp³-hybridized carbons (Fsp3) is 0.548. The second-order valence-corrected chi connectivity index (χ2v) is 11.9. The Kier molecular flexibility index (Phi) is 9.13. The molecule has 0 aromatic heterocycles. The number of rotatable bonds is 11. The van der Waals surface area contributed by atoms with Crippen LogP contribution in [0.1, 0.15) is 83.7 Å². The summed E-state index contributed by atoms with van der Waals surface area (Å²) in [5, 5.41) is 4.69. The third kappa shape index (κ3) is 6.63. The first-order valence-corrected chi connectivity index (χ1v) is 13.3. The minimum absolute atomic E-state index is 0.162. The molecule has 5 nitrogen and oxygen atoms in total. The molecule has 0 fully saturated rings. The first-order valence-electron chi connectivity index (χ1n) is 13.3. The van der Waals surface area contributed by atoms with Gasteiger partial charge >= 0.3 is 0 Å². The van der Waals surface area contributed by atoms with Crippen molar-refractivity contribution in [2.24, 2.45) is 22.2 Å². The van der Waals surface area contributed by atoms with E-state index < -0.39 is 5.66 Å². The average Bonchev–Trinajstić information content (AvgIpc) is 3.15. The van der Waals surface area contributed by atoms with Crippen molar-refractivity contribution < 1.29 is 9.53 Å². The summed E-state index contributed by atoms with van der Waals surface area (Å²) in [6.45, 7) is 16.8. The predicted molar refractivity (Wildman–Crippen MR) is 151 cm³/mol. The zero-order valence-corrected chi connectivity index (χ0v) is 23.5. The van der Waals surface area contributed by atoms with Crippen molar-refractivity contribution in [3.05, 3.63) is 65.7 Å². The van der Waals surface area contributed by atoms with E-state index in [0.29, 0.717) is 17.4 Å². The molecule has 0 saturated heterocycles. The van der Waals surface area contributed by atoms with Crippen molar-refractivity contribution in [3.63, 3.8) is 0 Å². The van der Waals surface area contributed by atoms with E-state index in [1.165, 1.54) is 0 Å². The van der Waals surface area contributed by atoms with Gasteiger partial charge in [0, 0.05) is 19.2 Å². The molecule has 0 spiro atoms. The van der Waals surface area contributed by atoms with E-state index in [4.69, 9.17) is 9.73 Å². The predicted octanol–water partition coefficient (Wildman–Crippen LogP) is 7.22. The molecule has 3 atom stereocenters. The summed E-state index contributed by atoms with van der Waals surface area (Å²) in [5.74, 6) is 1.21. The second kappa shape index (κ2) is 11.7. The fourth-order valence-corrected chi connectivity index (χ4v) is 4.68. The third-order valence-corrected chi connectivity index (χ3v) is 7.48. The molecular formula is C31H45N3O2. The smallest absolute Gasteiger partial charge is 0.172 e. The van der Waals surface area contributed by atoms with Crippen LogP contribution in [0.3, 0.4) is 0 Å². The molecule has 0 bridgehead atoms. The van der Waals surface area contributed by atoms with Crippen molar-refractivity contribution >= 4 is 17.7 Å². The van der Waals surface area contributed by atoms with Crippen LogP contribution >= 0.6 is 0 Å². The van der Waals surface area contributed by atoms with Gasteiger partial charge in [0.25, 0.3) is 0 Å². The minimum Gasteiger partial charge on any atom is -0.359 e. The first kappa shape index (κ1) is 28.1. The summed E-state index contributed by atoms with van der Waals surface area (Å²) in [6, 6.07) is 18.2. The monoisotopic (exact) mass is 491 g/mol. The van der Waals surface area contributed by atoms with Crippen molar-refractivity contribution in [2.75, 3.05) is 18.7 Å². The number of hydrazine groups is 1. The Morgan fingerprint density at radius 3 is 2.25 bits per heavy atom. The number of methoxy groups -OCH3 is 1. The Balaban J connectivity index is 2.10. The van der Waals surface area contributed by atoms with Crippen LogP contribution in [-0.4, -0.2) is 42.6 Å². The number of aldehydes is 1. The van der Waals surface area contributed by atoms with E-state index in [9.17, 15) is 4.79 Å². The first-order chi connectivity index (χ1) is 17.0. The van der Waals surface area contributed by atoms with Gasteiger partial charge in [0.05, 0.1) is 11.4 Å². The molecule has 2 aromatic rings. The van der Waals surface area contributed by atoms with Gasteiger partial charge < -0.3 is 9.75 Å². The summed E-state index contributed by atoms with van der Waals surface area (Å²) in [7, 11) is 1.77. The minimum atomic E-state index is -0.476. The quantitative estimate of drug-likeness (QED) is 0.311. The molecule has 0 N–H and O–H groups in total. The van der Waals surface area contributed by atoms with E-state index in [0.717, 1.165) is 49.1 Å². The average molecular weight is 492 g/mol. The van der Waals surface area contributed by atoms with Crippen molar-refractivity contribution in [1.29, 1.82) is 0 Å². The van der Waals surface area contributed by atoms with E-state index in [2.05, 4.69) is 82.7 Å². The molecule has 1 aliphatic heterocycles. The van der Waals surface area contributed by atoms with Crippen LogP contribution in [0.2, 0.25) is 0 Å². The Bertz CT molecular complexity index is 1010. The fourth-order valence-electron chi connectivity index (χ4n) is 4.68. The summed E-state index contributed by atoms with van der Waals surface area (Å²) >= 11 is 0. The Labute approximate surface area is 218 Å². The number of carbonyl (C=O) groups is 1. The van der Waals surface area contributed by atoms with E-state index in [1.807, 2.05) is 30.3 Å². The zero-order valence-electron chi connectivity index (χ0n) is 23.5. The van der Waals surface area contributed by atoms with Crippen LogP contribution in [0.4, 0.5) is 5.69 Å². The topological polar surface area (TPSA) is 45.1 Å². The SMILES string of the molecule is COC1C(c2ccccc2)=NC(C)(CCC(C)C(C)C)N1N(CCC(C)(C)C)c1ccc(C=O)cc1. The highest BCUT2D eigenvalue weighted by Crippen LogP contribution is 2.40. The Morgan fingerprint density at radius 1 is 1.08 bits per heavy atom. The maximum absolute atomic E-state index is 11.3. The van der Waals surface area contributed by atoms with E-state index in [-0.39, 0.29) is 11.6 Å². The van der Waals surface area contributed by atoms with Gasteiger partial charge in [0.1, 0.15) is 11.9 Å². The molecule has 1 heterocycles.